The summed E-state index contributed by atoms with van der Waals surface area (Å²) in [7, 11) is 2.90. The van der Waals surface area contributed by atoms with Crippen molar-refractivity contribution in [3.8, 4) is 0 Å². The van der Waals surface area contributed by atoms with Crippen molar-refractivity contribution < 1.29 is 23.8 Å². The van der Waals surface area contributed by atoms with Crippen LogP contribution in [0.1, 0.15) is 46.6 Å². The Labute approximate surface area is 188 Å². The van der Waals surface area contributed by atoms with Crippen molar-refractivity contribution in [2.24, 2.45) is 5.92 Å². The molecule has 2 amide bonds. The van der Waals surface area contributed by atoms with Crippen molar-refractivity contribution in [1.29, 1.82) is 0 Å². The van der Waals surface area contributed by atoms with Gasteiger partial charge < -0.3 is 24.8 Å². The van der Waals surface area contributed by atoms with Gasteiger partial charge in [0.2, 0.25) is 11.7 Å². The zero-order valence-electron chi connectivity index (χ0n) is 18.6. The van der Waals surface area contributed by atoms with Crippen LogP contribution in [0, 0.1) is 5.92 Å². The van der Waals surface area contributed by atoms with E-state index >= 15 is 0 Å². The summed E-state index contributed by atoms with van der Waals surface area (Å²) in [6.45, 7) is 9.04. The van der Waals surface area contributed by atoms with Crippen LogP contribution in [-0.4, -0.2) is 44.4 Å². The molecular weight excluding hydrogens is 431 g/mol. The number of hydrogen-bond acceptors (Lipinski definition) is 5. The zero-order valence-corrected chi connectivity index (χ0v) is 20.1. The Hall–Kier alpha value is -1.54. The molecule has 0 heterocycles. The fourth-order valence-corrected chi connectivity index (χ4v) is 3.34. The van der Waals surface area contributed by atoms with Gasteiger partial charge in [-0.25, -0.2) is 4.79 Å². The molecule has 0 aliphatic rings. The summed E-state index contributed by atoms with van der Waals surface area (Å²) in [5, 5.41) is 6.26. The molecule has 0 fully saturated rings. The summed E-state index contributed by atoms with van der Waals surface area (Å²) in [5.74, 6) is -1.85. The first kappa shape index (κ1) is 26.5. The third-order valence-corrected chi connectivity index (χ3v) is 5.21. The third-order valence-electron chi connectivity index (χ3n) is 4.66. The quantitative estimate of drug-likeness (QED) is 0.527. The van der Waals surface area contributed by atoms with Gasteiger partial charge in [-0.05, 0) is 38.8 Å². The zero-order chi connectivity index (χ0) is 23.1. The number of carbonyl (C=O) groups is 2. The van der Waals surface area contributed by atoms with Crippen LogP contribution in [0.5, 0.6) is 0 Å². The summed E-state index contributed by atoms with van der Waals surface area (Å²) in [6.07, 6.45) is 0.0183. The molecule has 2 unspecified atom stereocenters. The highest BCUT2D eigenvalue weighted by molar-refractivity contribution is 6.35. The van der Waals surface area contributed by atoms with E-state index in [2.05, 4.69) is 10.6 Å². The molecule has 2 atom stereocenters. The van der Waals surface area contributed by atoms with Crippen molar-refractivity contribution in [2.75, 3.05) is 20.8 Å². The maximum atomic E-state index is 12.9. The van der Waals surface area contributed by atoms with Gasteiger partial charge in [0, 0.05) is 24.8 Å². The number of nitrogens with one attached hydrogen (secondary N) is 2. The molecule has 0 aliphatic heterocycles. The third kappa shape index (κ3) is 7.30. The first-order chi connectivity index (χ1) is 13.9. The summed E-state index contributed by atoms with van der Waals surface area (Å²) in [4.78, 5) is 25.2. The van der Waals surface area contributed by atoms with Crippen LogP contribution in [-0.2, 0) is 24.8 Å². The number of ether oxygens (including phenoxy) is 3. The standard InChI is InChI=1S/C21H32Cl2N2O5/c1-8-13(2)17(25-19(27)30-20(3,4)5)18(26)24-12-21(28-6,29-7)15-10-9-14(22)11-16(15)23/h9-11,13,17H,8,12H2,1-7H3,(H,24,26)(H,25,27). The SMILES string of the molecule is CCC(C)C(NC(=O)OC(C)(C)C)C(=O)NCC(OC)(OC)c1ccc(Cl)cc1Cl. The number of alkyl carbamates (subject to hydrolysis) is 1. The van der Waals surface area contributed by atoms with E-state index in [1.807, 2.05) is 13.8 Å². The Kier molecular flexibility index (Phi) is 9.88. The molecule has 1 rings (SSSR count). The van der Waals surface area contributed by atoms with E-state index in [1.165, 1.54) is 14.2 Å². The van der Waals surface area contributed by atoms with Crippen LogP contribution < -0.4 is 10.6 Å². The number of benzene rings is 1. The number of rotatable bonds is 9. The molecule has 2 N–H and O–H groups in total. The van der Waals surface area contributed by atoms with Crippen LogP contribution in [0.3, 0.4) is 0 Å². The molecular formula is C21H32Cl2N2O5. The second-order valence-corrected chi connectivity index (χ2v) is 8.86. The molecule has 7 nitrogen and oxygen atoms in total. The summed E-state index contributed by atoms with van der Waals surface area (Å²) in [5.41, 5.74) is -0.160. The van der Waals surface area contributed by atoms with Crippen LogP contribution in [0.25, 0.3) is 0 Å². The number of halogens is 2. The summed E-state index contributed by atoms with van der Waals surface area (Å²) in [6, 6.07) is 4.11. The number of carbonyl (C=O) groups excluding carboxylic acids is 2. The van der Waals surface area contributed by atoms with Crippen molar-refractivity contribution in [3.05, 3.63) is 33.8 Å². The Morgan fingerprint density at radius 1 is 1.13 bits per heavy atom. The van der Waals surface area contributed by atoms with Crippen molar-refractivity contribution >= 4 is 35.2 Å². The molecule has 1 aromatic rings. The van der Waals surface area contributed by atoms with E-state index in [0.717, 1.165) is 0 Å². The second kappa shape index (κ2) is 11.2. The lowest BCUT2D eigenvalue weighted by atomic mass is 9.98. The van der Waals surface area contributed by atoms with Crippen LogP contribution in [0.15, 0.2) is 18.2 Å². The van der Waals surface area contributed by atoms with Gasteiger partial charge in [-0.3, -0.25) is 4.79 Å². The highest BCUT2D eigenvalue weighted by Gasteiger charge is 2.37. The molecule has 0 aliphatic carbocycles. The molecule has 9 heteroatoms. The average molecular weight is 463 g/mol. The van der Waals surface area contributed by atoms with Crippen molar-refractivity contribution in [3.63, 3.8) is 0 Å². The van der Waals surface area contributed by atoms with Gasteiger partial charge in [0.25, 0.3) is 0 Å². The van der Waals surface area contributed by atoms with E-state index in [4.69, 9.17) is 37.4 Å². The lowest BCUT2D eigenvalue weighted by Gasteiger charge is -2.33. The number of amides is 2. The van der Waals surface area contributed by atoms with E-state index in [9.17, 15) is 9.59 Å². The van der Waals surface area contributed by atoms with Gasteiger partial charge in [-0.2, -0.15) is 0 Å². The fourth-order valence-electron chi connectivity index (χ4n) is 2.79. The number of methoxy groups -OCH3 is 2. The molecule has 0 saturated heterocycles. The minimum absolute atomic E-state index is 0.0386. The molecule has 0 radical (unpaired) electrons. The number of hydrogen-bond donors (Lipinski definition) is 2. The first-order valence-corrected chi connectivity index (χ1v) is 10.5. The maximum Gasteiger partial charge on any atom is 0.408 e. The summed E-state index contributed by atoms with van der Waals surface area (Å²) < 4.78 is 16.5. The van der Waals surface area contributed by atoms with Gasteiger partial charge in [-0.15, -0.1) is 0 Å². The maximum absolute atomic E-state index is 12.9. The van der Waals surface area contributed by atoms with Gasteiger partial charge in [0.15, 0.2) is 0 Å². The minimum Gasteiger partial charge on any atom is -0.444 e. The van der Waals surface area contributed by atoms with E-state index in [1.54, 1.807) is 39.0 Å². The average Bonchev–Trinajstić information content (AvgIpc) is 2.66. The second-order valence-electron chi connectivity index (χ2n) is 8.01. The monoisotopic (exact) mass is 462 g/mol. The van der Waals surface area contributed by atoms with Gasteiger partial charge in [0.05, 0.1) is 11.6 Å². The lowest BCUT2D eigenvalue weighted by molar-refractivity contribution is -0.212. The lowest BCUT2D eigenvalue weighted by Crippen LogP contribution is -2.54. The molecule has 0 saturated carbocycles. The molecule has 1 aromatic carbocycles. The van der Waals surface area contributed by atoms with Gasteiger partial charge in [0.1, 0.15) is 11.6 Å². The first-order valence-electron chi connectivity index (χ1n) is 9.72. The molecule has 0 spiro atoms. The van der Waals surface area contributed by atoms with Crippen LogP contribution >= 0.6 is 23.2 Å². The van der Waals surface area contributed by atoms with Gasteiger partial charge in [-0.1, -0.05) is 49.5 Å². The minimum atomic E-state index is -1.33. The van der Waals surface area contributed by atoms with Gasteiger partial charge >= 0.3 is 6.09 Å². The van der Waals surface area contributed by atoms with Crippen molar-refractivity contribution in [1.82, 2.24) is 10.6 Å². The highest BCUT2D eigenvalue weighted by Crippen LogP contribution is 2.33. The van der Waals surface area contributed by atoms with Crippen molar-refractivity contribution in [2.45, 2.75) is 58.5 Å². The molecule has 30 heavy (non-hydrogen) atoms. The normalized spacial score (nSPS) is 14.0. The topological polar surface area (TPSA) is 85.9 Å². The molecule has 170 valence electrons. The highest BCUT2D eigenvalue weighted by atomic mass is 35.5. The van der Waals surface area contributed by atoms with E-state index in [-0.39, 0.29) is 12.5 Å². The Bertz CT molecular complexity index is 733. The largest absolute Gasteiger partial charge is 0.444 e. The fraction of sp³-hybridized carbons (Fsp3) is 0.619. The Balaban J connectivity index is 3.02. The Morgan fingerprint density at radius 3 is 2.20 bits per heavy atom. The predicted molar refractivity (Wildman–Crippen MR) is 118 cm³/mol. The van der Waals surface area contributed by atoms with Crippen LogP contribution in [0.4, 0.5) is 4.79 Å². The van der Waals surface area contributed by atoms with Crippen LogP contribution in [0.2, 0.25) is 10.0 Å². The van der Waals surface area contributed by atoms with E-state index < -0.39 is 29.4 Å². The smallest absolute Gasteiger partial charge is 0.408 e. The Morgan fingerprint density at radius 2 is 1.73 bits per heavy atom. The van der Waals surface area contributed by atoms with E-state index in [0.29, 0.717) is 22.0 Å². The molecule has 0 bridgehead atoms. The predicted octanol–water partition coefficient (Wildman–Crippen LogP) is 4.49. The summed E-state index contributed by atoms with van der Waals surface area (Å²) >= 11 is 12.3. The molecule has 0 aromatic heterocycles.